The van der Waals surface area contributed by atoms with Crippen molar-refractivity contribution in [2.75, 3.05) is 0 Å². The lowest BCUT2D eigenvalue weighted by Gasteiger charge is -2.14. The smallest absolute Gasteiger partial charge is 0.251 e. The van der Waals surface area contributed by atoms with Crippen molar-refractivity contribution in [1.82, 2.24) is 10.3 Å². The second-order valence-corrected chi connectivity index (χ2v) is 5.66. The van der Waals surface area contributed by atoms with Crippen molar-refractivity contribution in [3.63, 3.8) is 0 Å². The van der Waals surface area contributed by atoms with Gasteiger partial charge in [0.25, 0.3) is 5.91 Å². The van der Waals surface area contributed by atoms with E-state index in [0.717, 1.165) is 15.9 Å². The first kappa shape index (κ1) is 13.2. The second kappa shape index (κ2) is 6.11. The van der Waals surface area contributed by atoms with Crippen LogP contribution in [0.2, 0.25) is 0 Å². The van der Waals surface area contributed by atoms with Crippen LogP contribution in [0.15, 0.2) is 40.3 Å². The number of halogens is 1. The van der Waals surface area contributed by atoms with Crippen molar-refractivity contribution in [2.24, 2.45) is 0 Å². The molecule has 0 aliphatic carbocycles. The number of benzene rings is 1. The Bertz CT molecular complexity index is 528. The van der Waals surface area contributed by atoms with E-state index in [2.05, 4.69) is 26.2 Å². The van der Waals surface area contributed by atoms with E-state index >= 15 is 0 Å². The zero-order chi connectivity index (χ0) is 13.0. The molecule has 0 fully saturated rings. The van der Waals surface area contributed by atoms with Gasteiger partial charge in [0, 0.05) is 21.6 Å². The Labute approximate surface area is 118 Å². The summed E-state index contributed by atoms with van der Waals surface area (Å²) in [4.78, 5) is 16.4. The summed E-state index contributed by atoms with van der Waals surface area (Å²) in [6, 6.07) is 7.34. The van der Waals surface area contributed by atoms with E-state index < -0.39 is 0 Å². The van der Waals surface area contributed by atoms with Crippen molar-refractivity contribution in [2.45, 2.75) is 19.4 Å². The summed E-state index contributed by atoms with van der Waals surface area (Å²) in [6.45, 7) is 2.03. The van der Waals surface area contributed by atoms with E-state index in [1.54, 1.807) is 23.6 Å². The molecule has 2 aromatic rings. The molecule has 1 N–H and O–H groups in total. The van der Waals surface area contributed by atoms with Gasteiger partial charge in [0.15, 0.2) is 0 Å². The van der Waals surface area contributed by atoms with Gasteiger partial charge >= 0.3 is 0 Å². The van der Waals surface area contributed by atoms with Crippen molar-refractivity contribution >= 4 is 33.2 Å². The molecule has 5 heteroatoms. The molecule has 0 radical (unpaired) electrons. The van der Waals surface area contributed by atoms with Gasteiger partial charge in [0.1, 0.15) is 5.01 Å². The van der Waals surface area contributed by atoms with Gasteiger partial charge in [-0.2, -0.15) is 0 Å². The Morgan fingerprint density at radius 1 is 1.56 bits per heavy atom. The fourth-order valence-electron chi connectivity index (χ4n) is 1.62. The molecule has 1 heterocycles. The number of thiazole rings is 1. The van der Waals surface area contributed by atoms with Gasteiger partial charge in [-0.25, -0.2) is 4.98 Å². The molecule has 2 rings (SSSR count). The van der Waals surface area contributed by atoms with Gasteiger partial charge in [0.05, 0.1) is 6.04 Å². The number of nitrogens with zero attached hydrogens (tertiary/aromatic N) is 1. The highest BCUT2D eigenvalue weighted by atomic mass is 79.9. The molecule has 3 nitrogen and oxygen atoms in total. The van der Waals surface area contributed by atoms with Gasteiger partial charge in [-0.1, -0.05) is 28.9 Å². The summed E-state index contributed by atoms with van der Waals surface area (Å²) < 4.78 is 0.900. The average Bonchev–Trinajstić information content (AvgIpc) is 2.89. The van der Waals surface area contributed by atoms with Crippen molar-refractivity contribution < 1.29 is 4.79 Å². The molecule has 0 saturated heterocycles. The van der Waals surface area contributed by atoms with Crippen LogP contribution in [-0.2, 0) is 0 Å². The molecule has 0 aliphatic heterocycles. The number of carbonyl (C=O) groups is 1. The number of aromatic nitrogens is 1. The monoisotopic (exact) mass is 324 g/mol. The first-order chi connectivity index (χ1) is 8.70. The number of nitrogens with one attached hydrogen (secondary N) is 1. The molecule has 1 amide bonds. The predicted molar refractivity (Wildman–Crippen MR) is 76.8 cm³/mol. The van der Waals surface area contributed by atoms with Crippen LogP contribution in [-0.4, -0.2) is 10.9 Å². The van der Waals surface area contributed by atoms with Crippen molar-refractivity contribution in [1.29, 1.82) is 0 Å². The lowest BCUT2D eigenvalue weighted by molar-refractivity contribution is 0.0935. The maximum atomic E-state index is 12.1. The van der Waals surface area contributed by atoms with E-state index in [1.165, 1.54) is 0 Å². The van der Waals surface area contributed by atoms with Crippen molar-refractivity contribution in [3.8, 4) is 0 Å². The molecular weight excluding hydrogens is 312 g/mol. The summed E-state index contributed by atoms with van der Waals surface area (Å²) in [6.07, 6.45) is 2.58. The summed E-state index contributed by atoms with van der Waals surface area (Å²) in [5, 5.41) is 5.87. The van der Waals surface area contributed by atoms with Crippen LogP contribution in [0.5, 0.6) is 0 Å². The number of hydrogen-bond donors (Lipinski definition) is 1. The summed E-state index contributed by atoms with van der Waals surface area (Å²) in [5.41, 5.74) is 0.652. The Morgan fingerprint density at radius 3 is 3.00 bits per heavy atom. The standard InChI is InChI=1S/C13H13BrN2OS/c1-2-11(13-15-6-7-18-13)16-12(17)9-4-3-5-10(14)8-9/h3-8,11H,2H2,1H3,(H,16,17). The molecule has 0 saturated carbocycles. The minimum atomic E-state index is -0.0710. The zero-order valence-electron chi connectivity index (χ0n) is 9.89. The first-order valence-electron chi connectivity index (χ1n) is 5.66. The summed E-state index contributed by atoms with van der Waals surface area (Å²) >= 11 is 4.92. The van der Waals surface area contributed by atoms with Crippen LogP contribution >= 0.6 is 27.3 Å². The Kier molecular flexibility index (Phi) is 4.49. The molecule has 0 aliphatic rings. The fourth-order valence-corrected chi connectivity index (χ4v) is 2.79. The third-order valence-corrected chi connectivity index (χ3v) is 3.93. The van der Waals surface area contributed by atoms with Crippen LogP contribution in [0.1, 0.15) is 34.8 Å². The predicted octanol–water partition coefficient (Wildman–Crippen LogP) is 3.79. The Hall–Kier alpha value is -1.20. The van der Waals surface area contributed by atoms with E-state index in [1.807, 2.05) is 30.5 Å². The topological polar surface area (TPSA) is 42.0 Å². The third-order valence-electron chi connectivity index (χ3n) is 2.55. The van der Waals surface area contributed by atoms with Gasteiger partial charge in [-0.15, -0.1) is 11.3 Å². The normalized spacial score (nSPS) is 12.1. The van der Waals surface area contributed by atoms with E-state index in [0.29, 0.717) is 5.56 Å². The summed E-state index contributed by atoms with van der Waals surface area (Å²) in [7, 11) is 0. The van der Waals surface area contributed by atoms with Gasteiger partial charge in [-0.3, -0.25) is 4.79 Å². The molecule has 18 heavy (non-hydrogen) atoms. The maximum absolute atomic E-state index is 12.1. The Morgan fingerprint density at radius 2 is 2.39 bits per heavy atom. The van der Waals surface area contributed by atoms with Gasteiger partial charge in [0.2, 0.25) is 0 Å². The number of amides is 1. The minimum absolute atomic E-state index is 0.0171. The third kappa shape index (κ3) is 3.17. The summed E-state index contributed by atoms with van der Waals surface area (Å²) in [5.74, 6) is -0.0710. The largest absolute Gasteiger partial charge is 0.343 e. The lowest BCUT2D eigenvalue weighted by atomic mass is 10.2. The van der Waals surface area contributed by atoms with Gasteiger partial charge < -0.3 is 5.32 Å². The Balaban J connectivity index is 2.11. The molecule has 1 atom stereocenters. The molecule has 1 unspecified atom stereocenters. The average molecular weight is 325 g/mol. The number of rotatable bonds is 4. The fraction of sp³-hybridized carbons (Fsp3) is 0.231. The molecule has 0 spiro atoms. The second-order valence-electron chi connectivity index (χ2n) is 3.81. The maximum Gasteiger partial charge on any atom is 0.251 e. The van der Waals surface area contributed by atoms with Crippen LogP contribution < -0.4 is 5.32 Å². The highest BCUT2D eigenvalue weighted by Crippen LogP contribution is 2.20. The van der Waals surface area contributed by atoms with Gasteiger partial charge in [-0.05, 0) is 24.6 Å². The molecule has 1 aromatic carbocycles. The quantitative estimate of drug-likeness (QED) is 0.929. The first-order valence-corrected chi connectivity index (χ1v) is 7.33. The van der Waals surface area contributed by atoms with Crippen LogP contribution in [0.3, 0.4) is 0 Å². The van der Waals surface area contributed by atoms with Crippen LogP contribution in [0.4, 0.5) is 0 Å². The zero-order valence-corrected chi connectivity index (χ0v) is 12.3. The van der Waals surface area contributed by atoms with E-state index in [9.17, 15) is 4.79 Å². The van der Waals surface area contributed by atoms with Crippen LogP contribution in [0.25, 0.3) is 0 Å². The molecular formula is C13H13BrN2OS. The van der Waals surface area contributed by atoms with Crippen LogP contribution in [0, 0.1) is 0 Å². The van der Waals surface area contributed by atoms with Crippen molar-refractivity contribution in [3.05, 3.63) is 50.9 Å². The number of carbonyl (C=O) groups excluding carboxylic acids is 1. The lowest BCUT2D eigenvalue weighted by Crippen LogP contribution is -2.28. The molecule has 94 valence electrons. The molecule has 1 aromatic heterocycles. The molecule has 0 bridgehead atoms. The SMILES string of the molecule is CCC(NC(=O)c1cccc(Br)c1)c1nccs1. The highest BCUT2D eigenvalue weighted by molar-refractivity contribution is 9.10. The highest BCUT2D eigenvalue weighted by Gasteiger charge is 2.15. The van der Waals surface area contributed by atoms with E-state index in [4.69, 9.17) is 0 Å². The van der Waals surface area contributed by atoms with E-state index in [-0.39, 0.29) is 11.9 Å². The minimum Gasteiger partial charge on any atom is -0.343 e. The number of hydrogen-bond acceptors (Lipinski definition) is 3.